The van der Waals surface area contributed by atoms with Gasteiger partial charge in [-0.3, -0.25) is 0 Å². The Morgan fingerprint density at radius 3 is 1.28 bits per heavy atom. The lowest BCUT2D eigenvalue weighted by atomic mass is 9.66. The highest BCUT2D eigenvalue weighted by Gasteiger charge is 2.61. The Hall–Kier alpha value is -2.21. The summed E-state index contributed by atoms with van der Waals surface area (Å²) in [5, 5.41) is 11.3. The second-order valence-corrected chi connectivity index (χ2v) is 6.29. The molecule has 2 rings (SSSR count). The van der Waals surface area contributed by atoms with E-state index in [0.717, 1.165) is 13.8 Å². The van der Waals surface area contributed by atoms with Crippen LogP contribution in [0.1, 0.15) is 25.0 Å². The summed E-state index contributed by atoms with van der Waals surface area (Å²) >= 11 is 0. The number of hydrogen-bond acceptors (Lipinski definition) is 3. The summed E-state index contributed by atoms with van der Waals surface area (Å²) in [6, 6.07) is 11.9. The smallest absolute Gasteiger partial charge is 0.397 e. The third-order valence-corrected chi connectivity index (χ3v) is 4.63. The lowest BCUT2D eigenvalue weighted by Gasteiger charge is -2.44. The van der Waals surface area contributed by atoms with Crippen molar-refractivity contribution in [1.29, 1.82) is 0 Å². The Morgan fingerprint density at radius 2 is 1.04 bits per heavy atom. The molecule has 0 atom stereocenters. The molecule has 0 amide bonds. The van der Waals surface area contributed by atoms with E-state index in [1.54, 1.807) is 0 Å². The molecule has 2 aromatic carbocycles. The van der Waals surface area contributed by atoms with Crippen molar-refractivity contribution in [2.24, 2.45) is 5.41 Å². The average molecular weight is 354 g/mol. The Labute approximate surface area is 145 Å². The van der Waals surface area contributed by atoms with E-state index >= 15 is 0 Å². The fourth-order valence-corrected chi connectivity index (χ4v) is 2.76. The van der Waals surface area contributed by atoms with E-state index in [4.69, 9.17) is 9.47 Å². The predicted octanol–water partition coefficient (Wildman–Crippen LogP) is 4.53. The molecule has 136 valence electrons. The fourth-order valence-electron chi connectivity index (χ4n) is 2.76. The molecule has 0 spiro atoms. The summed E-state index contributed by atoms with van der Waals surface area (Å²) in [7, 11) is 2.93. The number of hydrogen-bond donors (Lipinski definition) is 1. The van der Waals surface area contributed by atoms with Crippen molar-refractivity contribution in [3.8, 4) is 11.5 Å². The van der Waals surface area contributed by atoms with Gasteiger partial charge in [0.15, 0.2) is 0 Å². The number of halogens is 3. The van der Waals surface area contributed by atoms with Gasteiger partial charge in [0, 0.05) is 0 Å². The van der Waals surface area contributed by atoms with Crippen molar-refractivity contribution in [2.45, 2.75) is 25.6 Å². The molecule has 2 aromatic rings. The summed E-state index contributed by atoms with van der Waals surface area (Å²) in [4.78, 5) is 0. The fraction of sp³-hybridized carbons (Fsp3) is 0.368. The molecule has 0 aliphatic carbocycles. The van der Waals surface area contributed by atoms with Crippen LogP contribution < -0.4 is 9.47 Å². The van der Waals surface area contributed by atoms with E-state index in [-0.39, 0.29) is 11.1 Å². The minimum atomic E-state index is -4.64. The van der Waals surface area contributed by atoms with E-state index in [2.05, 4.69) is 0 Å². The molecule has 0 saturated heterocycles. The minimum Gasteiger partial charge on any atom is -0.497 e. The first kappa shape index (κ1) is 19.1. The highest BCUT2D eigenvalue weighted by Crippen LogP contribution is 2.54. The zero-order valence-electron chi connectivity index (χ0n) is 14.5. The maximum absolute atomic E-state index is 13.8. The third kappa shape index (κ3) is 3.18. The van der Waals surface area contributed by atoms with Crippen molar-refractivity contribution in [3.63, 3.8) is 0 Å². The first-order valence-electron chi connectivity index (χ1n) is 7.66. The number of benzene rings is 2. The lowest BCUT2D eigenvalue weighted by Crippen LogP contribution is -2.51. The predicted molar refractivity (Wildman–Crippen MR) is 88.8 cm³/mol. The number of rotatable bonds is 5. The molecular formula is C19H21F3O3. The molecular weight excluding hydrogens is 333 g/mol. The van der Waals surface area contributed by atoms with E-state index in [1.807, 2.05) is 0 Å². The van der Waals surface area contributed by atoms with Crippen molar-refractivity contribution in [2.75, 3.05) is 14.2 Å². The zero-order chi connectivity index (χ0) is 18.9. The molecule has 0 radical (unpaired) electrons. The summed E-state index contributed by atoms with van der Waals surface area (Å²) in [5.74, 6) is 0.983. The first-order chi connectivity index (χ1) is 11.6. The Bertz CT molecular complexity index is 657. The Morgan fingerprint density at radius 1 is 0.720 bits per heavy atom. The standard InChI is InChI=1S/C19H21F3O3/c1-17(2,19(20,21)22)18(23,13-5-9-15(24-3)10-6-13)14-7-11-16(25-4)12-8-14/h5-12,23H,1-4H3. The largest absolute Gasteiger partial charge is 0.497 e. The second kappa shape index (κ2) is 6.59. The molecule has 25 heavy (non-hydrogen) atoms. The van der Waals surface area contributed by atoms with Crippen molar-refractivity contribution >= 4 is 0 Å². The van der Waals surface area contributed by atoms with Crippen molar-refractivity contribution < 1.29 is 27.8 Å². The van der Waals surface area contributed by atoms with Gasteiger partial charge in [-0.05, 0) is 49.2 Å². The van der Waals surface area contributed by atoms with Crippen LogP contribution in [-0.4, -0.2) is 25.5 Å². The van der Waals surface area contributed by atoms with Gasteiger partial charge >= 0.3 is 6.18 Å². The molecule has 0 aromatic heterocycles. The van der Waals surface area contributed by atoms with Crippen molar-refractivity contribution in [3.05, 3.63) is 59.7 Å². The Kier molecular flexibility index (Phi) is 5.04. The van der Waals surface area contributed by atoms with Gasteiger partial charge in [-0.15, -0.1) is 0 Å². The summed E-state index contributed by atoms with van der Waals surface area (Å²) in [6.07, 6.45) is -4.64. The summed E-state index contributed by atoms with van der Waals surface area (Å²) in [6.45, 7) is 1.98. The number of aliphatic hydroxyl groups is 1. The molecule has 6 heteroatoms. The third-order valence-electron chi connectivity index (χ3n) is 4.63. The highest BCUT2D eigenvalue weighted by atomic mass is 19.4. The van der Waals surface area contributed by atoms with Crippen LogP contribution in [0, 0.1) is 5.41 Å². The van der Waals surface area contributed by atoms with Gasteiger partial charge in [-0.2, -0.15) is 13.2 Å². The first-order valence-corrected chi connectivity index (χ1v) is 7.66. The maximum Gasteiger partial charge on any atom is 0.397 e. The number of ether oxygens (including phenoxy) is 2. The highest BCUT2D eigenvalue weighted by molar-refractivity contribution is 5.43. The summed E-state index contributed by atoms with van der Waals surface area (Å²) < 4.78 is 51.4. The van der Waals surface area contributed by atoms with E-state index < -0.39 is 17.2 Å². The van der Waals surface area contributed by atoms with Crippen LogP contribution in [0.2, 0.25) is 0 Å². The van der Waals surface area contributed by atoms with Gasteiger partial charge in [0.25, 0.3) is 0 Å². The van der Waals surface area contributed by atoms with Crippen LogP contribution in [0.4, 0.5) is 13.2 Å². The molecule has 0 unspecified atom stereocenters. The van der Waals surface area contributed by atoms with Gasteiger partial charge in [0.2, 0.25) is 0 Å². The number of alkyl halides is 3. The van der Waals surface area contributed by atoms with Gasteiger partial charge in [-0.1, -0.05) is 24.3 Å². The SMILES string of the molecule is COc1ccc(C(O)(c2ccc(OC)cc2)C(C)(C)C(F)(F)F)cc1. The molecule has 0 saturated carbocycles. The monoisotopic (exact) mass is 354 g/mol. The molecule has 0 aliphatic rings. The minimum absolute atomic E-state index is 0.126. The maximum atomic E-state index is 13.8. The second-order valence-electron chi connectivity index (χ2n) is 6.29. The molecule has 0 heterocycles. The normalized spacial score (nSPS) is 12.8. The Balaban J connectivity index is 2.69. The summed E-state index contributed by atoms with van der Waals surface area (Å²) in [5.41, 5.74) is -4.48. The number of methoxy groups -OCH3 is 2. The molecule has 1 N–H and O–H groups in total. The van der Waals surface area contributed by atoms with Crippen LogP contribution in [0.25, 0.3) is 0 Å². The molecule has 3 nitrogen and oxygen atoms in total. The van der Waals surface area contributed by atoms with E-state index in [0.29, 0.717) is 11.5 Å². The van der Waals surface area contributed by atoms with Gasteiger partial charge in [-0.25, -0.2) is 0 Å². The van der Waals surface area contributed by atoms with Crippen LogP contribution in [-0.2, 0) is 5.60 Å². The average Bonchev–Trinajstić information content (AvgIpc) is 2.60. The van der Waals surface area contributed by atoms with E-state index in [1.165, 1.54) is 62.8 Å². The zero-order valence-corrected chi connectivity index (χ0v) is 14.5. The topological polar surface area (TPSA) is 38.7 Å². The molecule has 0 bridgehead atoms. The van der Waals surface area contributed by atoms with Gasteiger partial charge < -0.3 is 14.6 Å². The van der Waals surface area contributed by atoms with Gasteiger partial charge in [0.1, 0.15) is 17.1 Å². The molecule has 0 fully saturated rings. The van der Waals surface area contributed by atoms with Crippen LogP contribution >= 0.6 is 0 Å². The quantitative estimate of drug-likeness (QED) is 0.857. The van der Waals surface area contributed by atoms with Gasteiger partial charge in [0.05, 0.1) is 19.6 Å². The van der Waals surface area contributed by atoms with Crippen molar-refractivity contribution in [1.82, 2.24) is 0 Å². The van der Waals surface area contributed by atoms with E-state index in [9.17, 15) is 18.3 Å². The van der Waals surface area contributed by atoms with Crippen LogP contribution in [0.15, 0.2) is 48.5 Å². The lowest BCUT2D eigenvalue weighted by molar-refractivity contribution is -0.265. The van der Waals surface area contributed by atoms with Crippen LogP contribution in [0.5, 0.6) is 11.5 Å². The molecule has 0 aliphatic heterocycles. The van der Waals surface area contributed by atoms with Crippen LogP contribution in [0.3, 0.4) is 0 Å².